The first-order valence-electron chi connectivity index (χ1n) is 10.9. The van der Waals surface area contributed by atoms with Crippen molar-refractivity contribution in [2.75, 3.05) is 13.7 Å². The smallest absolute Gasteiger partial charge is 0.357 e. The molecule has 34 heavy (non-hydrogen) atoms. The molecule has 0 amide bonds. The molecule has 2 aromatic heterocycles. The first-order valence-corrected chi connectivity index (χ1v) is 11.3. The number of aromatic nitrogens is 4. The number of methoxy groups -OCH3 is 1. The van der Waals surface area contributed by atoms with Crippen molar-refractivity contribution in [3.05, 3.63) is 100 Å². The second kappa shape index (κ2) is 10.5. The van der Waals surface area contributed by atoms with E-state index >= 15 is 0 Å². The fraction of sp³-hybridized carbons (Fsp3) is 0.231. The SMILES string of the molecule is CCOC(=O)c1cc(Cc2ccc(Cl)cc2)nc(Cc2ccc(-n3cnc(C)c3)c(OC)c2)n1. The summed E-state index contributed by atoms with van der Waals surface area (Å²) >= 11 is 6.01. The molecule has 0 atom stereocenters. The molecule has 2 heterocycles. The molecule has 4 aromatic rings. The van der Waals surface area contributed by atoms with E-state index in [1.165, 1.54) is 0 Å². The lowest BCUT2D eigenvalue weighted by molar-refractivity contribution is 0.0518. The molecule has 0 spiro atoms. The maximum atomic E-state index is 12.4. The van der Waals surface area contributed by atoms with Gasteiger partial charge in [0.1, 0.15) is 11.6 Å². The van der Waals surface area contributed by atoms with Gasteiger partial charge < -0.3 is 14.0 Å². The lowest BCUT2D eigenvalue weighted by atomic mass is 10.1. The molecule has 0 aliphatic rings. The standard InChI is InChI=1S/C26H25ClN4O3/c1-4-34-26(32)22-14-21(11-18-5-8-20(27)9-6-18)29-25(30-22)13-19-7-10-23(24(12-19)33-3)31-15-17(2)28-16-31/h5-10,12,14-16H,4,11,13H2,1-3H3. The van der Waals surface area contributed by atoms with E-state index < -0.39 is 5.97 Å². The summed E-state index contributed by atoms with van der Waals surface area (Å²) in [4.78, 5) is 25.9. The Hall–Kier alpha value is -3.71. The van der Waals surface area contributed by atoms with Gasteiger partial charge in [-0.3, -0.25) is 0 Å². The Balaban J connectivity index is 1.65. The van der Waals surface area contributed by atoms with Crippen molar-refractivity contribution in [3.8, 4) is 11.4 Å². The van der Waals surface area contributed by atoms with Crippen LogP contribution in [0.15, 0.2) is 61.1 Å². The van der Waals surface area contributed by atoms with Crippen molar-refractivity contribution in [1.29, 1.82) is 0 Å². The van der Waals surface area contributed by atoms with Gasteiger partial charge in [-0.1, -0.05) is 29.8 Å². The second-order valence-corrected chi connectivity index (χ2v) is 8.23. The van der Waals surface area contributed by atoms with E-state index in [1.54, 1.807) is 26.4 Å². The third-order valence-electron chi connectivity index (χ3n) is 5.20. The molecular formula is C26H25ClN4O3. The summed E-state index contributed by atoms with van der Waals surface area (Å²) in [7, 11) is 1.63. The normalized spacial score (nSPS) is 10.8. The minimum absolute atomic E-state index is 0.244. The number of imidazole rings is 1. The van der Waals surface area contributed by atoms with Crippen LogP contribution in [0.25, 0.3) is 5.69 Å². The Bertz CT molecular complexity index is 1300. The monoisotopic (exact) mass is 476 g/mol. The Kier molecular flexibility index (Phi) is 7.23. The van der Waals surface area contributed by atoms with Crippen LogP contribution in [-0.4, -0.2) is 39.2 Å². The van der Waals surface area contributed by atoms with Crippen LogP contribution in [0.2, 0.25) is 5.02 Å². The van der Waals surface area contributed by atoms with Gasteiger partial charge in [0.25, 0.3) is 0 Å². The van der Waals surface area contributed by atoms with Gasteiger partial charge in [0, 0.05) is 29.8 Å². The van der Waals surface area contributed by atoms with E-state index in [4.69, 9.17) is 26.1 Å². The summed E-state index contributed by atoms with van der Waals surface area (Å²) < 4.78 is 12.7. The number of hydrogen-bond donors (Lipinski definition) is 0. The lowest BCUT2D eigenvalue weighted by Crippen LogP contribution is -2.12. The van der Waals surface area contributed by atoms with Crippen molar-refractivity contribution in [3.63, 3.8) is 0 Å². The Morgan fingerprint density at radius 1 is 1.03 bits per heavy atom. The minimum atomic E-state index is -0.466. The zero-order valence-corrected chi connectivity index (χ0v) is 20.0. The Morgan fingerprint density at radius 2 is 1.79 bits per heavy atom. The predicted octanol–water partition coefficient (Wildman–Crippen LogP) is 4.99. The maximum Gasteiger partial charge on any atom is 0.357 e. The van der Waals surface area contributed by atoms with Gasteiger partial charge in [-0.05, 0) is 55.3 Å². The fourth-order valence-electron chi connectivity index (χ4n) is 3.62. The predicted molar refractivity (Wildman–Crippen MR) is 130 cm³/mol. The van der Waals surface area contributed by atoms with Gasteiger partial charge in [0.2, 0.25) is 0 Å². The van der Waals surface area contributed by atoms with E-state index in [9.17, 15) is 4.79 Å². The highest BCUT2D eigenvalue weighted by molar-refractivity contribution is 6.30. The van der Waals surface area contributed by atoms with Crippen molar-refractivity contribution in [1.82, 2.24) is 19.5 Å². The van der Waals surface area contributed by atoms with Crippen LogP contribution in [-0.2, 0) is 17.6 Å². The summed E-state index contributed by atoms with van der Waals surface area (Å²) in [6, 6.07) is 15.1. The molecule has 0 saturated heterocycles. The number of nitrogens with zero attached hydrogens (tertiary/aromatic N) is 4. The van der Waals surface area contributed by atoms with E-state index in [0.29, 0.717) is 29.4 Å². The van der Waals surface area contributed by atoms with Crippen LogP contribution < -0.4 is 4.74 Å². The molecule has 2 aromatic carbocycles. The van der Waals surface area contributed by atoms with E-state index in [1.807, 2.05) is 60.2 Å². The average molecular weight is 477 g/mol. The molecule has 4 rings (SSSR count). The third kappa shape index (κ3) is 5.61. The van der Waals surface area contributed by atoms with Crippen molar-refractivity contribution in [2.24, 2.45) is 0 Å². The van der Waals surface area contributed by atoms with Gasteiger partial charge in [-0.25, -0.2) is 19.7 Å². The Labute approximate surface area is 203 Å². The zero-order chi connectivity index (χ0) is 24.1. The van der Waals surface area contributed by atoms with Crippen LogP contribution in [0.1, 0.15) is 45.8 Å². The topological polar surface area (TPSA) is 79.1 Å². The van der Waals surface area contributed by atoms with Gasteiger partial charge in [0.05, 0.1) is 31.4 Å². The highest BCUT2D eigenvalue weighted by atomic mass is 35.5. The molecule has 0 aliphatic carbocycles. The zero-order valence-electron chi connectivity index (χ0n) is 19.3. The molecule has 0 bridgehead atoms. The quantitative estimate of drug-likeness (QED) is 0.333. The minimum Gasteiger partial charge on any atom is -0.495 e. The van der Waals surface area contributed by atoms with Crippen molar-refractivity contribution >= 4 is 17.6 Å². The van der Waals surface area contributed by atoms with Crippen LogP contribution in [0.4, 0.5) is 0 Å². The summed E-state index contributed by atoms with van der Waals surface area (Å²) in [5.74, 6) is 0.771. The number of ether oxygens (including phenoxy) is 2. The lowest BCUT2D eigenvalue weighted by Gasteiger charge is -2.12. The van der Waals surface area contributed by atoms with Crippen molar-refractivity contribution < 1.29 is 14.3 Å². The summed E-state index contributed by atoms with van der Waals surface area (Å²) in [6.45, 7) is 3.98. The highest BCUT2D eigenvalue weighted by Crippen LogP contribution is 2.25. The second-order valence-electron chi connectivity index (χ2n) is 7.79. The molecule has 8 heteroatoms. The molecular weight excluding hydrogens is 452 g/mol. The first-order chi connectivity index (χ1) is 16.4. The maximum absolute atomic E-state index is 12.4. The molecule has 0 radical (unpaired) electrons. The van der Waals surface area contributed by atoms with E-state index in [-0.39, 0.29) is 12.3 Å². The number of carbonyl (C=O) groups excluding carboxylic acids is 1. The number of esters is 1. The van der Waals surface area contributed by atoms with E-state index in [0.717, 1.165) is 28.2 Å². The molecule has 0 aliphatic heterocycles. The van der Waals surface area contributed by atoms with Crippen LogP contribution in [0.3, 0.4) is 0 Å². The summed E-state index contributed by atoms with van der Waals surface area (Å²) in [5.41, 5.74) is 4.77. The first kappa shape index (κ1) is 23.4. The highest BCUT2D eigenvalue weighted by Gasteiger charge is 2.15. The number of rotatable bonds is 8. The molecule has 174 valence electrons. The third-order valence-corrected chi connectivity index (χ3v) is 5.46. The van der Waals surface area contributed by atoms with Crippen LogP contribution in [0.5, 0.6) is 5.75 Å². The largest absolute Gasteiger partial charge is 0.495 e. The molecule has 0 N–H and O–H groups in total. The van der Waals surface area contributed by atoms with Crippen LogP contribution in [0, 0.1) is 6.92 Å². The van der Waals surface area contributed by atoms with Gasteiger partial charge >= 0.3 is 5.97 Å². The van der Waals surface area contributed by atoms with Gasteiger partial charge in [0.15, 0.2) is 5.69 Å². The molecule has 0 saturated carbocycles. The molecule has 7 nitrogen and oxygen atoms in total. The fourth-order valence-corrected chi connectivity index (χ4v) is 3.75. The average Bonchev–Trinajstić information content (AvgIpc) is 3.26. The van der Waals surface area contributed by atoms with E-state index in [2.05, 4.69) is 9.97 Å². The Morgan fingerprint density at radius 3 is 2.47 bits per heavy atom. The number of benzene rings is 2. The van der Waals surface area contributed by atoms with Gasteiger partial charge in [-0.2, -0.15) is 0 Å². The van der Waals surface area contributed by atoms with Crippen LogP contribution >= 0.6 is 11.6 Å². The number of aryl methyl sites for hydroxylation is 1. The number of hydrogen-bond acceptors (Lipinski definition) is 6. The molecule has 0 unspecified atom stereocenters. The summed E-state index contributed by atoms with van der Waals surface area (Å²) in [5, 5.41) is 0.669. The number of halogens is 1. The number of carbonyl (C=O) groups is 1. The molecule has 0 fully saturated rings. The van der Waals surface area contributed by atoms with Gasteiger partial charge in [-0.15, -0.1) is 0 Å². The van der Waals surface area contributed by atoms with Crippen molar-refractivity contribution in [2.45, 2.75) is 26.7 Å². The summed E-state index contributed by atoms with van der Waals surface area (Å²) in [6.07, 6.45) is 4.66.